The predicted octanol–water partition coefficient (Wildman–Crippen LogP) is 5.00. The highest BCUT2D eigenvalue weighted by Gasteiger charge is 2.33. The molecule has 0 saturated heterocycles. The van der Waals surface area contributed by atoms with Crippen molar-refractivity contribution in [1.29, 1.82) is 0 Å². The number of nitrogens with two attached hydrogens (primary N) is 1. The minimum atomic E-state index is -4.90. The summed E-state index contributed by atoms with van der Waals surface area (Å²) in [5.41, 5.74) is 4.55. The number of methoxy groups -OCH3 is 1. The highest BCUT2D eigenvalue weighted by Crippen LogP contribution is 2.31. The Labute approximate surface area is 178 Å². The Hall–Kier alpha value is -3.16. The van der Waals surface area contributed by atoms with Crippen molar-refractivity contribution < 1.29 is 55.2 Å². The number of halogens is 7. The van der Waals surface area contributed by atoms with Crippen LogP contribution in [-0.4, -0.2) is 36.9 Å². The highest BCUT2D eigenvalue weighted by atomic mass is 79.9. The third-order valence-corrected chi connectivity index (χ3v) is 3.72. The monoisotopic (exact) mass is 519 g/mol. The topological polar surface area (TPSA) is 108 Å². The van der Waals surface area contributed by atoms with Gasteiger partial charge in [0.05, 0.1) is 28.4 Å². The van der Waals surface area contributed by atoms with E-state index in [0.717, 1.165) is 25.3 Å². The zero-order valence-electron chi connectivity index (χ0n) is 15.2. The molecule has 0 aliphatic heterocycles. The number of carboxylic acid groups (broad SMARTS) is 1. The van der Waals surface area contributed by atoms with Crippen LogP contribution in [0.25, 0.3) is 0 Å². The first-order valence-corrected chi connectivity index (χ1v) is 8.44. The molecule has 0 aliphatic carbocycles. The Balaban J connectivity index is 0.000000311. The van der Waals surface area contributed by atoms with Gasteiger partial charge in [0, 0.05) is 0 Å². The van der Waals surface area contributed by atoms with Crippen LogP contribution >= 0.6 is 15.9 Å². The number of carbonyl (C=O) groups excluding carboxylic acids is 1. The standard InChI is InChI=1S/C9H6BrF3O3.C8H6F3NO3/c1-15-8(14)5-2-3-6(10)7(4-5)16-9(11,12)13;9-8(10,11)15-6-3-4(7(13)14)1-2-5(6)12/h2-4H,1H3;1-3H,12H2,(H,13,14). The van der Waals surface area contributed by atoms with Gasteiger partial charge >= 0.3 is 24.7 Å². The molecule has 170 valence electrons. The SMILES string of the molecule is COC(=O)c1ccc(Br)c(OC(F)(F)F)c1.Nc1ccc(C(=O)O)cc1OC(F)(F)F. The lowest BCUT2D eigenvalue weighted by Crippen LogP contribution is -2.18. The first-order chi connectivity index (χ1) is 14.1. The Bertz CT molecular complexity index is 948. The van der Waals surface area contributed by atoms with Gasteiger partial charge < -0.3 is 25.1 Å². The van der Waals surface area contributed by atoms with Crippen LogP contribution in [0.5, 0.6) is 11.5 Å². The van der Waals surface area contributed by atoms with Gasteiger partial charge in [0.1, 0.15) is 5.75 Å². The van der Waals surface area contributed by atoms with Crippen LogP contribution in [-0.2, 0) is 4.74 Å². The van der Waals surface area contributed by atoms with E-state index in [-0.39, 0.29) is 21.3 Å². The molecule has 0 fully saturated rings. The van der Waals surface area contributed by atoms with Crippen molar-refractivity contribution in [3.63, 3.8) is 0 Å². The maximum Gasteiger partial charge on any atom is 0.573 e. The van der Waals surface area contributed by atoms with Gasteiger partial charge in [-0.05, 0) is 52.3 Å². The molecule has 7 nitrogen and oxygen atoms in total. The van der Waals surface area contributed by atoms with Crippen molar-refractivity contribution in [3.8, 4) is 11.5 Å². The maximum atomic E-state index is 12.0. The molecule has 0 bridgehead atoms. The van der Waals surface area contributed by atoms with Gasteiger partial charge in [-0.25, -0.2) is 9.59 Å². The Morgan fingerprint density at radius 2 is 1.39 bits per heavy atom. The Kier molecular flexibility index (Phi) is 8.55. The van der Waals surface area contributed by atoms with Crippen LogP contribution in [0.2, 0.25) is 0 Å². The van der Waals surface area contributed by atoms with Gasteiger partial charge in [-0.2, -0.15) is 0 Å². The fourth-order valence-corrected chi connectivity index (χ4v) is 2.16. The summed E-state index contributed by atoms with van der Waals surface area (Å²) in [6, 6.07) is 6.37. The molecule has 31 heavy (non-hydrogen) atoms. The molecule has 0 spiro atoms. The Morgan fingerprint density at radius 1 is 0.903 bits per heavy atom. The quantitative estimate of drug-likeness (QED) is 0.332. The number of carboxylic acids is 1. The number of anilines is 1. The third-order valence-electron chi connectivity index (χ3n) is 3.06. The van der Waals surface area contributed by atoms with Crippen molar-refractivity contribution in [3.05, 3.63) is 52.0 Å². The van der Waals surface area contributed by atoms with E-state index in [2.05, 4.69) is 30.1 Å². The second-order valence-corrected chi connectivity index (χ2v) is 6.14. The van der Waals surface area contributed by atoms with Crippen LogP contribution < -0.4 is 15.2 Å². The van der Waals surface area contributed by atoms with E-state index in [1.807, 2.05) is 0 Å². The predicted molar refractivity (Wildman–Crippen MR) is 96.7 cm³/mol. The summed E-state index contributed by atoms with van der Waals surface area (Å²) in [6.07, 6.45) is -9.71. The lowest BCUT2D eigenvalue weighted by Gasteiger charge is -2.11. The average molecular weight is 520 g/mol. The van der Waals surface area contributed by atoms with E-state index in [1.54, 1.807) is 0 Å². The molecule has 2 rings (SSSR count). The number of hydrogen-bond acceptors (Lipinski definition) is 6. The minimum Gasteiger partial charge on any atom is -0.478 e. The largest absolute Gasteiger partial charge is 0.573 e. The number of hydrogen-bond donors (Lipinski definition) is 2. The summed E-state index contributed by atoms with van der Waals surface area (Å²) < 4.78 is 83.1. The molecule has 0 radical (unpaired) electrons. The lowest BCUT2D eigenvalue weighted by atomic mass is 10.2. The minimum absolute atomic E-state index is 0.0232. The summed E-state index contributed by atoms with van der Waals surface area (Å²) >= 11 is 2.88. The van der Waals surface area contributed by atoms with Crippen LogP contribution in [0.4, 0.5) is 32.0 Å². The lowest BCUT2D eigenvalue weighted by molar-refractivity contribution is -0.275. The van der Waals surface area contributed by atoms with E-state index in [9.17, 15) is 35.9 Å². The number of benzene rings is 2. The van der Waals surface area contributed by atoms with Crippen molar-refractivity contribution in [2.45, 2.75) is 12.7 Å². The first-order valence-electron chi connectivity index (χ1n) is 7.65. The summed E-state index contributed by atoms with van der Waals surface area (Å²) in [4.78, 5) is 21.5. The molecular formula is C17H12BrF6NO6. The second kappa shape index (κ2) is 10.2. The summed E-state index contributed by atoms with van der Waals surface area (Å²) in [7, 11) is 1.13. The summed E-state index contributed by atoms with van der Waals surface area (Å²) in [5.74, 6) is -3.31. The molecule has 3 N–H and O–H groups in total. The van der Waals surface area contributed by atoms with Gasteiger partial charge in [0.25, 0.3) is 0 Å². The van der Waals surface area contributed by atoms with Gasteiger partial charge in [-0.1, -0.05) is 0 Å². The highest BCUT2D eigenvalue weighted by molar-refractivity contribution is 9.10. The molecule has 2 aromatic carbocycles. The zero-order chi connectivity index (χ0) is 24.0. The van der Waals surface area contributed by atoms with Crippen LogP contribution in [0, 0.1) is 0 Å². The maximum absolute atomic E-state index is 12.0. The Morgan fingerprint density at radius 3 is 1.87 bits per heavy atom. The number of aromatic carboxylic acids is 1. The second-order valence-electron chi connectivity index (χ2n) is 5.29. The fraction of sp³-hybridized carbons (Fsp3) is 0.176. The van der Waals surface area contributed by atoms with E-state index in [4.69, 9.17) is 10.8 Å². The van der Waals surface area contributed by atoms with Crippen molar-refractivity contribution in [2.24, 2.45) is 0 Å². The number of carbonyl (C=O) groups is 2. The summed E-state index contributed by atoms with van der Waals surface area (Å²) in [5, 5.41) is 8.52. The molecule has 2 aromatic rings. The van der Waals surface area contributed by atoms with E-state index >= 15 is 0 Å². The van der Waals surface area contributed by atoms with Gasteiger partial charge in [0.2, 0.25) is 0 Å². The normalized spacial score (nSPS) is 11.1. The van der Waals surface area contributed by atoms with Crippen LogP contribution in [0.1, 0.15) is 20.7 Å². The molecule has 0 atom stereocenters. The number of ether oxygens (including phenoxy) is 3. The molecule has 0 heterocycles. The third kappa shape index (κ3) is 9.02. The molecule has 0 unspecified atom stereocenters. The van der Waals surface area contributed by atoms with Crippen molar-refractivity contribution >= 4 is 33.6 Å². The van der Waals surface area contributed by atoms with Gasteiger partial charge in [-0.15, -0.1) is 26.3 Å². The van der Waals surface area contributed by atoms with Crippen LogP contribution in [0.3, 0.4) is 0 Å². The van der Waals surface area contributed by atoms with E-state index in [0.29, 0.717) is 6.07 Å². The molecule has 0 saturated carbocycles. The van der Waals surface area contributed by atoms with Crippen LogP contribution in [0.15, 0.2) is 40.9 Å². The van der Waals surface area contributed by atoms with E-state index < -0.39 is 36.2 Å². The van der Waals surface area contributed by atoms with Crippen molar-refractivity contribution in [2.75, 3.05) is 12.8 Å². The molecule has 0 amide bonds. The van der Waals surface area contributed by atoms with Crippen molar-refractivity contribution in [1.82, 2.24) is 0 Å². The molecule has 0 aliphatic rings. The number of rotatable bonds is 4. The zero-order valence-corrected chi connectivity index (χ0v) is 16.8. The van der Waals surface area contributed by atoms with Gasteiger partial charge in [0.15, 0.2) is 5.75 Å². The molecule has 0 aromatic heterocycles. The number of nitrogen functional groups attached to an aromatic ring is 1. The van der Waals surface area contributed by atoms with E-state index in [1.165, 1.54) is 12.1 Å². The first kappa shape index (κ1) is 25.9. The fourth-order valence-electron chi connectivity index (χ4n) is 1.83. The smallest absolute Gasteiger partial charge is 0.478 e. The molecular weight excluding hydrogens is 508 g/mol. The number of alkyl halides is 6. The average Bonchev–Trinajstić information content (AvgIpc) is 2.63. The van der Waals surface area contributed by atoms with Gasteiger partial charge in [-0.3, -0.25) is 0 Å². The summed E-state index contributed by atoms with van der Waals surface area (Å²) in [6.45, 7) is 0. The number of esters is 1. The molecule has 14 heteroatoms.